The summed E-state index contributed by atoms with van der Waals surface area (Å²) in [6.07, 6.45) is 3.55. The predicted octanol–water partition coefficient (Wildman–Crippen LogP) is 4.60. The second-order valence-corrected chi connectivity index (χ2v) is 6.76. The normalized spacial score (nSPS) is 15.1. The first-order valence-electron chi connectivity index (χ1n) is 7.66. The number of rotatable bonds is 4. The highest BCUT2D eigenvalue weighted by atomic mass is 127. The van der Waals surface area contributed by atoms with Crippen molar-refractivity contribution in [3.05, 3.63) is 68.3 Å². The second kappa shape index (κ2) is 7.31. The molecule has 0 amide bonds. The largest absolute Gasteiger partial charge is 0.493 e. The van der Waals surface area contributed by atoms with Crippen molar-refractivity contribution in [3.63, 3.8) is 0 Å². The van der Waals surface area contributed by atoms with Crippen LogP contribution in [0.1, 0.15) is 16.7 Å². The molecule has 0 bridgehead atoms. The van der Waals surface area contributed by atoms with Crippen molar-refractivity contribution in [3.8, 4) is 11.5 Å². The Kier molecular flexibility index (Phi) is 5.13. The highest BCUT2D eigenvalue weighted by Crippen LogP contribution is 2.35. The minimum Gasteiger partial charge on any atom is -0.493 e. The van der Waals surface area contributed by atoms with Gasteiger partial charge in [0.15, 0.2) is 11.5 Å². The van der Waals surface area contributed by atoms with Gasteiger partial charge in [0.1, 0.15) is 5.76 Å². The van der Waals surface area contributed by atoms with Crippen LogP contribution in [0.25, 0.3) is 11.8 Å². The number of carbonyl (C=O) groups is 1. The van der Waals surface area contributed by atoms with Gasteiger partial charge in [0.05, 0.1) is 23.4 Å². The third-order valence-electron chi connectivity index (χ3n) is 3.84. The molecule has 0 saturated heterocycles. The summed E-state index contributed by atoms with van der Waals surface area (Å²) in [7, 11) is 3.19. The van der Waals surface area contributed by atoms with E-state index >= 15 is 0 Å². The molecular weight excluding hydrogens is 431 g/mol. The van der Waals surface area contributed by atoms with Crippen LogP contribution in [-0.4, -0.2) is 20.2 Å². The summed E-state index contributed by atoms with van der Waals surface area (Å²) in [5.41, 5.74) is 3.38. The van der Waals surface area contributed by atoms with Gasteiger partial charge in [0.25, 0.3) is 0 Å². The number of ether oxygens (including phenoxy) is 3. The average Bonchev–Trinajstić information content (AvgIpc) is 2.95. The van der Waals surface area contributed by atoms with Gasteiger partial charge in [-0.05, 0) is 59.4 Å². The highest BCUT2D eigenvalue weighted by Gasteiger charge is 2.22. The van der Waals surface area contributed by atoms with E-state index in [9.17, 15) is 4.79 Å². The number of halogens is 1. The lowest BCUT2D eigenvalue weighted by Crippen LogP contribution is -1.98. The molecular formula is C20H17IO4. The van der Waals surface area contributed by atoms with Gasteiger partial charge in [-0.15, -0.1) is 0 Å². The van der Waals surface area contributed by atoms with Crippen LogP contribution in [0.4, 0.5) is 0 Å². The molecule has 0 spiro atoms. The van der Waals surface area contributed by atoms with E-state index in [0.29, 0.717) is 22.8 Å². The van der Waals surface area contributed by atoms with Gasteiger partial charge in [0.2, 0.25) is 0 Å². The van der Waals surface area contributed by atoms with Gasteiger partial charge in [-0.1, -0.05) is 29.8 Å². The van der Waals surface area contributed by atoms with Crippen molar-refractivity contribution in [1.82, 2.24) is 0 Å². The van der Waals surface area contributed by atoms with E-state index in [1.165, 1.54) is 0 Å². The summed E-state index contributed by atoms with van der Waals surface area (Å²) in [5, 5.41) is 0. The maximum atomic E-state index is 12.2. The molecule has 2 aromatic carbocycles. The Morgan fingerprint density at radius 1 is 1.08 bits per heavy atom. The SMILES string of the molecule is COc1cc(/C=C2\C=C(c3ccc(C)cc3)OC2=O)cc(I)c1OC. The minimum absolute atomic E-state index is 0.361. The monoisotopic (exact) mass is 448 g/mol. The Morgan fingerprint density at radius 3 is 2.44 bits per heavy atom. The van der Waals surface area contributed by atoms with E-state index in [4.69, 9.17) is 14.2 Å². The van der Waals surface area contributed by atoms with E-state index in [2.05, 4.69) is 22.6 Å². The van der Waals surface area contributed by atoms with Gasteiger partial charge in [-0.3, -0.25) is 0 Å². The Balaban J connectivity index is 1.97. The summed E-state index contributed by atoms with van der Waals surface area (Å²) in [6.45, 7) is 2.02. The maximum absolute atomic E-state index is 12.2. The molecule has 2 aromatic rings. The standard InChI is InChI=1S/C20H17IO4/c1-12-4-6-14(7-5-12)17-11-15(20(22)25-17)8-13-9-16(21)19(24-3)18(10-13)23-2/h4-11H,1-3H3/b15-8+. The van der Waals surface area contributed by atoms with Crippen molar-refractivity contribution >= 4 is 40.4 Å². The van der Waals surface area contributed by atoms with Crippen molar-refractivity contribution < 1.29 is 19.0 Å². The third-order valence-corrected chi connectivity index (χ3v) is 4.64. The summed E-state index contributed by atoms with van der Waals surface area (Å²) in [6, 6.07) is 11.6. The van der Waals surface area contributed by atoms with Crippen LogP contribution < -0.4 is 9.47 Å². The Labute approximate surface area is 160 Å². The summed E-state index contributed by atoms with van der Waals surface area (Å²) < 4.78 is 17.0. The molecule has 0 radical (unpaired) electrons. The summed E-state index contributed by atoms with van der Waals surface area (Å²) in [5.74, 6) is 1.50. The molecule has 1 aliphatic rings. The maximum Gasteiger partial charge on any atom is 0.343 e. The molecule has 5 heteroatoms. The molecule has 25 heavy (non-hydrogen) atoms. The molecule has 0 aliphatic carbocycles. The number of aryl methyl sites for hydroxylation is 1. The zero-order valence-electron chi connectivity index (χ0n) is 14.1. The predicted molar refractivity (Wildman–Crippen MR) is 105 cm³/mol. The van der Waals surface area contributed by atoms with E-state index in [1.807, 2.05) is 43.3 Å². The van der Waals surface area contributed by atoms with E-state index in [1.54, 1.807) is 26.4 Å². The molecule has 1 heterocycles. The van der Waals surface area contributed by atoms with Crippen molar-refractivity contribution in [2.45, 2.75) is 6.92 Å². The number of methoxy groups -OCH3 is 2. The fourth-order valence-electron chi connectivity index (χ4n) is 2.55. The quantitative estimate of drug-likeness (QED) is 0.390. The molecule has 0 saturated carbocycles. The lowest BCUT2D eigenvalue weighted by Gasteiger charge is -2.10. The lowest BCUT2D eigenvalue weighted by atomic mass is 10.1. The first-order valence-corrected chi connectivity index (χ1v) is 8.74. The molecule has 3 rings (SSSR count). The lowest BCUT2D eigenvalue weighted by molar-refractivity contribution is -0.130. The van der Waals surface area contributed by atoms with Crippen LogP contribution in [0.2, 0.25) is 0 Å². The highest BCUT2D eigenvalue weighted by molar-refractivity contribution is 14.1. The fraction of sp³-hybridized carbons (Fsp3) is 0.150. The van der Waals surface area contributed by atoms with Gasteiger partial charge in [-0.25, -0.2) is 4.79 Å². The van der Waals surface area contributed by atoms with Crippen molar-refractivity contribution in [1.29, 1.82) is 0 Å². The van der Waals surface area contributed by atoms with Gasteiger partial charge >= 0.3 is 5.97 Å². The van der Waals surface area contributed by atoms with Crippen LogP contribution in [0.15, 0.2) is 48.0 Å². The number of cyclic esters (lactones) is 1. The molecule has 0 atom stereocenters. The molecule has 0 aromatic heterocycles. The van der Waals surface area contributed by atoms with E-state index < -0.39 is 0 Å². The van der Waals surface area contributed by atoms with Gasteiger partial charge < -0.3 is 14.2 Å². The van der Waals surface area contributed by atoms with Crippen molar-refractivity contribution in [2.75, 3.05) is 14.2 Å². The molecule has 128 valence electrons. The van der Waals surface area contributed by atoms with Crippen LogP contribution in [0, 0.1) is 10.5 Å². The molecule has 0 unspecified atom stereocenters. The molecule has 1 aliphatic heterocycles. The number of hydrogen-bond donors (Lipinski definition) is 0. The zero-order valence-corrected chi connectivity index (χ0v) is 16.3. The zero-order chi connectivity index (χ0) is 18.0. The van der Waals surface area contributed by atoms with Crippen LogP contribution in [0.3, 0.4) is 0 Å². The first-order chi connectivity index (χ1) is 12.0. The Bertz CT molecular complexity index is 879. The topological polar surface area (TPSA) is 44.8 Å². The fourth-order valence-corrected chi connectivity index (χ4v) is 3.40. The minimum atomic E-state index is -0.361. The molecule has 0 N–H and O–H groups in total. The summed E-state index contributed by atoms with van der Waals surface area (Å²) >= 11 is 2.18. The number of benzene rings is 2. The van der Waals surface area contributed by atoms with Crippen LogP contribution in [0.5, 0.6) is 11.5 Å². The number of hydrogen-bond acceptors (Lipinski definition) is 4. The first kappa shape index (κ1) is 17.5. The Morgan fingerprint density at radius 2 is 1.80 bits per heavy atom. The van der Waals surface area contributed by atoms with Crippen LogP contribution >= 0.6 is 22.6 Å². The van der Waals surface area contributed by atoms with Crippen molar-refractivity contribution in [2.24, 2.45) is 0 Å². The summed E-state index contributed by atoms with van der Waals surface area (Å²) in [4.78, 5) is 12.2. The second-order valence-electron chi connectivity index (χ2n) is 5.60. The molecule has 4 nitrogen and oxygen atoms in total. The molecule has 0 fully saturated rings. The van der Waals surface area contributed by atoms with Crippen LogP contribution in [-0.2, 0) is 9.53 Å². The smallest absolute Gasteiger partial charge is 0.343 e. The van der Waals surface area contributed by atoms with E-state index in [0.717, 1.165) is 20.3 Å². The van der Waals surface area contributed by atoms with Gasteiger partial charge in [-0.2, -0.15) is 0 Å². The third kappa shape index (κ3) is 3.71. The number of carbonyl (C=O) groups excluding carboxylic acids is 1. The Hall–Kier alpha value is -2.28. The average molecular weight is 448 g/mol. The van der Waals surface area contributed by atoms with E-state index in [-0.39, 0.29) is 5.97 Å². The van der Waals surface area contributed by atoms with Gasteiger partial charge in [0, 0.05) is 5.56 Å². The number of esters is 1.